The van der Waals surface area contributed by atoms with Crippen molar-refractivity contribution in [2.45, 2.75) is 51.0 Å². The molecular weight excluding hydrogens is 340 g/mol. The van der Waals surface area contributed by atoms with Gasteiger partial charge in [0.25, 0.3) is 0 Å². The lowest BCUT2D eigenvalue weighted by Crippen LogP contribution is -2.42. The van der Waals surface area contributed by atoms with Gasteiger partial charge in [-0.3, -0.25) is 0 Å². The molecule has 134 valence electrons. The predicted molar refractivity (Wildman–Crippen MR) is 96.8 cm³/mol. The van der Waals surface area contributed by atoms with Crippen LogP contribution in [0.15, 0.2) is 36.4 Å². The lowest BCUT2D eigenvalue weighted by molar-refractivity contribution is -0.222. The number of fused-ring (bicyclic) bond motifs is 2. The summed E-state index contributed by atoms with van der Waals surface area (Å²) >= 11 is 6.31. The summed E-state index contributed by atoms with van der Waals surface area (Å²) in [5.41, 5.74) is 1.09. The zero-order chi connectivity index (χ0) is 17.2. The Hall–Kier alpha value is -1.17. The molecule has 2 heterocycles. The van der Waals surface area contributed by atoms with E-state index < -0.39 is 0 Å². The van der Waals surface area contributed by atoms with Crippen molar-refractivity contribution in [3.05, 3.63) is 47.0 Å². The Kier molecular flexibility index (Phi) is 5.25. The summed E-state index contributed by atoms with van der Waals surface area (Å²) < 4.78 is 23.8. The third-order valence-corrected chi connectivity index (χ3v) is 5.18. The standard InChI is InChI=1S/C20H23ClO4/c1-2-4-17-18(19-20(25-17)23-10-9-22-19)24-12-13-7-8-14-5-3-6-16(21)15(14)11-13/h3,5-8,11,17-20H,2,4,9-10,12H2,1H3/t17-,18+,19-,20+/m1/s1. The minimum absolute atomic E-state index is 0.0159. The summed E-state index contributed by atoms with van der Waals surface area (Å²) in [6.45, 7) is 3.82. The van der Waals surface area contributed by atoms with E-state index >= 15 is 0 Å². The lowest BCUT2D eigenvalue weighted by atomic mass is 10.1. The van der Waals surface area contributed by atoms with Gasteiger partial charge in [0.1, 0.15) is 12.2 Å². The van der Waals surface area contributed by atoms with E-state index in [2.05, 4.69) is 31.2 Å². The van der Waals surface area contributed by atoms with Crippen LogP contribution in [-0.2, 0) is 25.6 Å². The summed E-state index contributed by atoms with van der Waals surface area (Å²) in [5.74, 6) is 0. The highest BCUT2D eigenvalue weighted by Crippen LogP contribution is 2.33. The topological polar surface area (TPSA) is 36.9 Å². The fraction of sp³-hybridized carbons (Fsp3) is 0.500. The predicted octanol–water partition coefficient (Wildman–Crippen LogP) is 4.32. The van der Waals surface area contributed by atoms with Crippen LogP contribution in [0, 0.1) is 0 Å². The minimum Gasteiger partial charge on any atom is -0.368 e. The molecule has 0 N–H and O–H groups in total. The van der Waals surface area contributed by atoms with Crippen LogP contribution in [0.1, 0.15) is 25.3 Å². The molecule has 4 rings (SSSR count). The number of rotatable bonds is 5. The monoisotopic (exact) mass is 362 g/mol. The molecule has 4 nitrogen and oxygen atoms in total. The van der Waals surface area contributed by atoms with Crippen LogP contribution in [0.25, 0.3) is 10.8 Å². The third kappa shape index (κ3) is 3.55. The van der Waals surface area contributed by atoms with E-state index in [-0.39, 0.29) is 24.6 Å². The molecule has 4 atom stereocenters. The Morgan fingerprint density at radius 3 is 2.92 bits per heavy atom. The molecular formula is C20H23ClO4. The summed E-state index contributed by atoms with van der Waals surface area (Å²) in [6.07, 6.45) is 1.44. The molecule has 0 bridgehead atoms. The molecule has 2 aliphatic rings. The molecule has 0 amide bonds. The second-order valence-corrected chi connectivity index (χ2v) is 7.02. The van der Waals surface area contributed by atoms with Crippen LogP contribution < -0.4 is 0 Å². The first-order valence-corrected chi connectivity index (χ1v) is 9.31. The van der Waals surface area contributed by atoms with Crippen molar-refractivity contribution in [1.29, 1.82) is 0 Å². The van der Waals surface area contributed by atoms with Gasteiger partial charge in [0.05, 0.1) is 25.9 Å². The molecule has 2 aliphatic heterocycles. The van der Waals surface area contributed by atoms with Crippen molar-refractivity contribution in [1.82, 2.24) is 0 Å². The molecule has 25 heavy (non-hydrogen) atoms. The SMILES string of the molecule is CCC[C@H]1O[C@@H]2OCCO[C@@H]2[C@H]1OCc1ccc2cccc(Cl)c2c1. The smallest absolute Gasteiger partial charge is 0.186 e. The van der Waals surface area contributed by atoms with Gasteiger partial charge in [-0.15, -0.1) is 0 Å². The fourth-order valence-electron chi connectivity index (χ4n) is 3.63. The number of ether oxygens (including phenoxy) is 4. The average Bonchev–Trinajstić information content (AvgIpc) is 2.98. The van der Waals surface area contributed by atoms with Crippen LogP contribution in [0.3, 0.4) is 0 Å². The number of hydrogen-bond acceptors (Lipinski definition) is 4. The second kappa shape index (κ2) is 7.60. The molecule has 2 saturated heterocycles. The second-order valence-electron chi connectivity index (χ2n) is 6.61. The highest BCUT2D eigenvalue weighted by atomic mass is 35.5. The van der Waals surface area contributed by atoms with E-state index in [4.69, 9.17) is 30.5 Å². The summed E-state index contributed by atoms with van der Waals surface area (Å²) in [4.78, 5) is 0. The molecule has 2 aromatic rings. The maximum atomic E-state index is 6.31. The van der Waals surface area contributed by atoms with Gasteiger partial charge in [0.2, 0.25) is 0 Å². The van der Waals surface area contributed by atoms with Gasteiger partial charge in [-0.25, -0.2) is 0 Å². The van der Waals surface area contributed by atoms with Crippen LogP contribution >= 0.6 is 11.6 Å². The Morgan fingerprint density at radius 1 is 1.16 bits per heavy atom. The van der Waals surface area contributed by atoms with Gasteiger partial charge >= 0.3 is 0 Å². The van der Waals surface area contributed by atoms with Gasteiger partial charge in [0, 0.05) is 10.4 Å². The minimum atomic E-state index is -0.304. The largest absolute Gasteiger partial charge is 0.368 e. The first-order chi connectivity index (χ1) is 12.3. The maximum absolute atomic E-state index is 6.31. The average molecular weight is 363 g/mol. The van der Waals surface area contributed by atoms with E-state index in [1.165, 1.54) is 0 Å². The van der Waals surface area contributed by atoms with E-state index in [1.807, 2.05) is 12.1 Å². The molecule has 0 saturated carbocycles. The third-order valence-electron chi connectivity index (χ3n) is 4.85. The van der Waals surface area contributed by atoms with Crippen molar-refractivity contribution in [2.24, 2.45) is 0 Å². The molecule has 0 aliphatic carbocycles. The summed E-state index contributed by atoms with van der Waals surface area (Å²) in [7, 11) is 0. The number of halogens is 1. The maximum Gasteiger partial charge on any atom is 0.186 e. The van der Waals surface area contributed by atoms with Crippen LogP contribution in [0.4, 0.5) is 0 Å². The Labute approximate surface area is 153 Å². The van der Waals surface area contributed by atoms with Crippen LogP contribution in [-0.4, -0.2) is 37.8 Å². The van der Waals surface area contributed by atoms with Gasteiger partial charge in [-0.05, 0) is 29.5 Å². The van der Waals surface area contributed by atoms with Crippen molar-refractivity contribution in [3.63, 3.8) is 0 Å². The van der Waals surface area contributed by atoms with Gasteiger partial charge in [0.15, 0.2) is 6.29 Å². The summed E-state index contributed by atoms with van der Waals surface area (Å²) in [5, 5.41) is 2.94. The highest BCUT2D eigenvalue weighted by Gasteiger charge is 2.47. The molecule has 5 heteroatoms. The van der Waals surface area contributed by atoms with Gasteiger partial charge in [-0.2, -0.15) is 0 Å². The van der Waals surface area contributed by atoms with Crippen LogP contribution in [0.5, 0.6) is 0 Å². The Bertz CT molecular complexity index is 735. The summed E-state index contributed by atoms with van der Waals surface area (Å²) in [6, 6.07) is 12.2. The number of hydrogen-bond donors (Lipinski definition) is 0. The Morgan fingerprint density at radius 2 is 2.04 bits per heavy atom. The van der Waals surface area contributed by atoms with Crippen molar-refractivity contribution < 1.29 is 18.9 Å². The molecule has 0 aromatic heterocycles. The Balaban J connectivity index is 1.50. The van der Waals surface area contributed by atoms with Crippen molar-refractivity contribution in [3.8, 4) is 0 Å². The first-order valence-electron chi connectivity index (χ1n) is 8.93. The van der Waals surface area contributed by atoms with Crippen molar-refractivity contribution >= 4 is 22.4 Å². The molecule has 0 unspecified atom stereocenters. The molecule has 0 spiro atoms. The quantitative estimate of drug-likeness (QED) is 0.793. The van der Waals surface area contributed by atoms with Gasteiger partial charge < -0.3 is 18.9 Å². The van der Waals surface area contributed by atoms with E-state index in [0.29, 0.717) is 19.8 Å². The highest BCUT2D eigenvalue weighted by molar-refractivity contribution is 6.35. The lowest BCUT2D eigenvalue weighted by Gasteiger charge is -2.28. The van der Waals surface area contributed by atoms with E-state index in [1.54, 1.807) is 0 Å². The molecule has 2 aromatic carbocycles. The first kappa shape index (κ1) is 17.3. The fourth-order valence-corrected chi connectivity index (χ4v) is 3.87. The van der Waals surface area contributed by atoms with Crippen LogP contribution in [0.2, 0.25) is 5.02 Å². The van der Waals surface area contributed by atoms with Gasteiger partial charge in [-0.1, -0.05) is 49.2 Å². The van der Waals surface area contributed by atoms with Crippen molar-refractivity contribution in [2.75, 3.05) is 13.2 Å². The van der Waals surface area contributed by atoms with E-state index in [9.17, 15) is 0 Å². The zero-order valence-corrected chi connectivity index (χ0v) is 15.1. The molecule has 2 fully saturated rings. The molecule has 0 radical (unpaired) electrons. The number of benzene rings is 2. The zero-order valence-electron chi connectivity index (χ0n) is 14.3. The normalized spacial score (nSPS) is 29.0. The van der Waals surface area contributed by atoms with E-state index in [0.717, 1.165) is 34.2 Å².